The third-order valence-electron chi connectivity index (χ3n) is 4.68. The molecule has 0 aliphatic carbocycles. The molecule has 2 aromatic carbocycles. The zero-order chi connectivity index (χ0) is 23.0. The summed E-state index contributed by atoms with van der Waals surface area (Å²) in [7, 11) is 0. The number of carbonyl (C=O) groups is 1. The maximum atomic E-state index is 12.9. The number of benzene rings is 2. The average molecular weight is 479 g/mol. The Kier molecular flexibility index (Phi) is 9.46. The third-order valence-corrected chi connectivity index (χ3v) is 5.99. The maximum absolute atomic E-state index is 12.9. The summed E-state index contributed by atoms with van der Waals surface area (Å²) in [5.74, 6) is 0.248. The molecule has 0 radical (unpaired) electrons. The molecule has 8 heteroatoms. The lowest BCUT2D eigenvalue weighted by atomic mass is 10.1. The molecule has 0 unspecified atom stereocenters. The monoisotopic (exact) mass is 477 g/mol. The lowest BCUT2D eigenvalue weighted by Gasteiger charge is -2.22. The molecule has 5 nitrogen and oxygen atoms in total. The Morgan fingerprint density at radius 1 is 0.903 bits per heavy atom. The van der Waals surface area contributed by atoms with Gasteiger partial charge in [0.05, 0.1) is 15.6 Å². The van der Waals surface area contributed by atoms with Crippen molar-refractivity contribution in [3.63, 3.8) is 0 Å². The Hall–Kier alpha value is -2.44. The molecule has 0 aromatic heterocycles. The first-order valence-electron chi connectivity index (χ1n) is 9.97. The van der Waals surface area contributed by atoms with Crippen LogP contribution in [-0.2, 0) is 0 Å². The van der Waals surface area contributed by atoms with Crippen molar-refractivity contribution in [2.45, 2.75) is 39.5 Å². The highest BCUT2D eigenvalue weighted by Gasteiger charge is 2.23. The molecule has 1 amide bonds. The topological polar surface area (TPSA) is 77.1 Å². The molecule has 0 spiro atoms. The van der Waals surface area contributed by atoms with Gasteiger partial charge in [-0.3, -0.25) is 4.79 Å². The summed E-state index contributed by atoms with van der Waals surface area (Å²) in [6.45, 7) is 5.62. The van der Waals surface area contributed by atoms with E-state index in [-0.39, 0.29) is 37.9 Å². The number of nitriles is 2. The zero-order valence-electron chi connectivity index (χ0n) is 17.3. The summed E-state index contributed by atoms with van der Waals surface area (Å²) in [6, 6.07) is 10.3. The van der Waals surface area contributed by atoms with Crippen molar-refractivity contribution in [1.82, 2.24) is 4.90 Å². The van der Waals surface area contributed by atoms with Crippen LogP contribution in [0, 0.1) is 22.7 Å². The molecule has 0 fully saturated rings. The molecule has 162 valence electrons. The van der Waals surface area contributed by atoms with E-state index < -0.39 is 0 Å². The van der Waals surface area contributed by atoms with Gasteiger partial charge < -0.3 is 9.64 Å². The second-order valence-electron chi connectivity index (χ2n) is 6.87. The van der Waals surface area contributed by atoms with Crippen molar-refractivity contribution >= 4 is 40.7 Å². The van der Waals surface area contributed by atoms with E-state index in [1.54, 1.807) is 24.3 Å². The standard InChI is InChI=1S/C23H22Cl3N3O2/c1-3-5-11-29(12-6-4-2)23(30)15-7-9-16(10-8-15)31-22-18(14-28)17(13-27)19(24)20(25)21(22)26/h7-10H,3-6,11-12H2,1-2H3. The van der Waals surface area contributed by atoms with Crippen LogP contribution in [0.1, 0.15) is 61.0 Å². The average Bonchev–Trinajstić information content (AvgIpc) is 2.79. The lowest BCUT2D eigenvalue weighted by molar-refractivity contribution is 0.0751. The van der Waals surface area contributed by atoms with Gasteiger partial charge in [0.25, 0.3) is 5.91 Å². The van der Waals surface area contributed by atoms with Gasteiger partial charge in [-0.2, -0.15) is 10.5 Å². The van der Waals surface area contributed by atoms with Gasteiger partial charge >= 0.3 is 0 Å². The van der Waals surface area contributed by atoms with Gasteiger partial charge in [-0.05, 0) is 37.1 Å². The number of amides is 1. The molecule has 2 rings (SSSR count). The molecule has 2 aromatic rings. The van der Waals surface area contributed by atoms with E-state index in [9.17, 15) is 15.3 Å². The molecular formula is C23H22Cl3N3O2. The Labute approximate surface area is 197 Å². The van der Waals surface area contributed by atoms with Crippen molar-refractivity contribution in [3.05, 3.63) is 56.0 Å². The number of carbonyl (C=O) groups excluding carboxylic acids is 1. The zero-order valence-corrected chi connectivity index (χ0v) is 19.6. The van der Waals surface area contributed by atoms with E-state index in [4.69, 9.17) is 39.5 Å². The first-order chi connectivity index (χ1) is 14.9. The molecule has 0 aliphatic heterocycles. The Morgan fingerprint density at radius 3 is 1.94 bits per heavy atom. The van der Waals surface area contributed by atoms with Crippen molar-refractivity contribution in [2.75, 3.05) is 13.1 Å². The summed E-state index contributed by atoms with van der Waals surface area (Å²) in [5.41, 5.74) is 0.327. The smallest absolute Gasteiger partial charge is 0.253 e. The molecule has 0 saturated heterocycles. The normalized spacial score (nSPS) is 10.3. The highest BCUT2D eigenvalue weighted by molar-refractivity contribution is 6.49. The second-order valence-corrected chi connectivity index (χ2v) is 8.00. The fourth-order valence-electron chi connectivity index (χ4n) is 2.93. The summed E-state index contributed by atoms with van der Waals surface area (Å²) in [6.07, 6.45) is 3.92. The van der Waals surface area contributed by atoms with Crippen molar-refractivity contribution in [1.29, 1.82) is 10.5 Å². The SMILES string of the molecule is CCCCN(CCCC)C(=O)c1ccc(Oc2c(Cl)c(Cl)c(Cl)c(C#N)c2C#N)cc1. The fraction of sp³-hybridized carbons (Fsp3) is 0.348. The highest BCUT2D eigenvalue weighted by atomic mass is 35.5. The molecule has 0 N–H and O–H groups in total. The van der Waals surface area contributed by atoms with E-state index in [1.807, 2.05) is 17.0 Å². The van der Waals surface area contributed by atoms with Gasteiger partial charge in [0.2, 0.25) is 0 Å². The number of rotatable bonds is 9. The van der Waals surface area contributed by atoms with Crippen LogP contribution in [0.2, 0.25) is 15.1 Å². The van der Waals surface area contributed by atoms with Crippen LogP contribution in [0.15, 0.2) is 24.3 Å². The quantitative estimate of drug-likeness (QED) is 0.356. The van der Waals surface area contributed by atoms with Crippen LogP contribution in [0.4, 0.5) is 0 Å². The molecule has 31 heavy (non-hydrogen) atoms. The van der Waals surface area contributed by atoms with E-state index in [1.165, 1.54) is 0 Å². The molecule has 0 atom stereocenters. The van der Waals surface area contributed by atoms with Gasteiger partial charge in [0.1, 0.15) is 28.5 Å². The second kappa shape index (κ2) is 11.8. The third kappa shape index (κ3) is 5.83. The Bertz CT molecular complexity index is 1020. The number of unbranched alkanes of at least 4 members (excludes halogenated alkanes) is 2. The number of halogens is 3. The minimum absolute atomic E-state index is 0.0366. The summed E-state index contributed by atoms with van der Waals surface area (Å²) in [4.78, 5) is 14.8. The predicted molar refractivity (Wildman–Crippen MR) is 123 cm³/mol. The number of hydrogen-bond donors (Lipinski definition) is 0. The van der Waals surface area contributed by atoms with Gasteiger partial charge in [-0.1, -0.05) is 61.5 Å². The first-order valence-corrected chi connectivity index (χ1v) is 11.1. The van der Waals surface area contributed by atoms with Crippen molar-refractivity contribution in [2.24, 2.45) is 0 Å². The fourth-order valence-corrected chi connectivity index (χ4v) is 3.61. The highest BCUT2D eigenvalue weighted by Crippen LogP contribution is 2.44. The molecule has 0 aliphatic rings. The van der Waals surface area contributed by atoms with Crippen LogP contribution in [0.25, 0.3) is 0 Å². The molecular weight excluding hydrogens is 457 g/mol. The maximum Gasteiger partial charge on any atom is 0.253 e. The molecule has 0 bridgehead atoms. The summed E-state index contributed by atoms with van der Waals surface area (Å²) < 4.78 is 5.76. The molecule has 0 heterocycles. The summed E-state index contributed by atoms with van der Waals surface area (Å²) >= 11 is 18.3. The van der Waals surface area contributed by atoms with Crippen molar-refractivity contribution in [3.8, 4) is 23.6 Å². The van der Waals surface area contributed by atoms with E-state index in [0.717, 1.165) is 38.8 Å². The molecule has 0 saturated carbocycles. The number of hydrogen-bond acceptors (Lipinski definition) is 4. The van der Waals surface area contributed by atoms with Gasteiger partial charge in [-0.15, -0.1) is 0 Å². The Morgan fingerprint density at radius 2 is 1.45 bits per heavy atom. The number of ether oxygens (including phenoxy) is 1. The number of nitrogens with zero attached hydrogens (tertiary/aromatic N) is 3. The van der Waals surface area contributed by atoms with Crippen molar-refractivity contribution < 1.29 is 9.53 Å². The van der Waals surface area contributed by atoms with E-state index in [2.05, 4.69) is 13.8 Å². The van der Waals surface area contributed by atoms with Gasteiger partial charge in [0, 0.05) is 18.7 Å². The van der Waals surface area contributed by atoms with Gasteiger partial charge in [0.15, 0.2) is 5.75 Å². The van der Waals surface area contributed by atoms with Crippen LogP contribution < -0.4 is 4.74 Å². The summed E-state index contributed by atoms with van der Waals surface area (Å²) in [5, 5.41) is 18.6. The van der Waals surface area contributed by atoms with Crippen LogP contribution in [0.3, 0.4) is 0 Å². The minimum atomic E-state index is -0.108. The Balaban J connectivity index is 2.31. The largest absolute Gasteiger partial charge is 0.454 e. The van der Waals surface area contributed by atoms with Gasteiger partial charge in [-0.25, -0.2) is 0 Å². The first kappa shape index (κ1) is 24.8. The van der Waals surface area contributed by atoms with Crippen LogP contribution in [0.5, 0.6) is 11.5 Å². The minimum Gasteiger partial charge on any atom is -0.454 e. The lowest BCUT2D eigenvalue weighted by Crippen LogP contribution is -2.32. The van der Waals surface area contributed by atoms with Crippen LogP contribution >= 0.6 is 34.8 Å². The van der Waals surface area contributed by atoms with E-state index in [0.29, 0.717) is 11.3 Å². The van der Waals surface area contributed by atoms with Crippen LogP contribution in [-0.4, -0.2) is 23.9 Å². The predicted octanol–water partition coefficient (Wildman–Crippen LogP) is 7.22. The van der Waals surface area contributed by atoms with E-state index >= 15 is 0 Å².